The topological polar surface area (TPSA) is 83.7 Å². The van der Waals surface area contributed by atoms with Crippen molar-refractivity contribution < 1.29 is 14.3 Å². The molecule has 0 unspecified atom stereocenters. The van der Waals surface area contributed by atoms with Crippen LogP contribution in [0.1, 0.15) is 12.5 Å². The third-order valence-corrected chi connectivity index (χ3v) is 3.01. The zero-order valence-electron chi connectivity index (χ0n) is 13.2. The number of amides is 1. The van der Waals surface area contributed by atoms with Gasteiger partial charge in [0.05, 0.1) is 6.21 Å². The second kappa shape index (κ2) is 8.96. The van der Waals surface area contributed by atoms with Crippen molar-refractivity contribution in [1.29, 1.82) is 5.26 Å². The molecule has 1 amide bonds. The number of rotatable bonds is 7. The van der Waals surface area contributed by atoms with Crippen molar-refractivity contribution >= 4 is 12.1 Å². The first-order chi connectivity index (χ1) is 11.7. The second-order valence-corrected chi connectivity index (χ2v) is 4.79. The van der Waals surface area contributed by atoms with Crippen molar-refractivity contribution in [3.8, 4) is 17.6 Å². The van der Waals surface area contributed by atoms with Gasteiger partial charge in [0.2, 0.25) is 0 Å². The SMILES string of the molecule is C[C@H](Oc1ccccc1)C(=O)N/N=C\c1ccccc1OCC#N. The minimum absolute atomic E-state index is 0.0564. The predicted molar refractivity (Wildman–Crippen MR) is 89.8 cm³/mol. The Bertz CT molecular complexity index is 739. The number of hydrogen-bond donors (Lipinski definition) is 1. The standard InChI is InChI=1S/C18H17N3O3/c1-14(24-16-8-3-2-4-9-16)18(22)21-20-13-15-7-5-6-10-17(15)23-12-11-19/h2-10,13-14H,12H2,1H3,(H,21,22)/b20-13-/t14-/m0/s1. The average molecular weight is 323 g/mol. The van der Waals surface area contributed by atoms with Gasteiger partial charge in [0.15, 0.2) is 12.7 Å². The Morgan fingerprint density at radius 3 is 2.71 bits per heavy atom. The molecule has 0 bridgehead atoms. The number of nitrogens with zero attached hydrogens (tertiary/aromatic N) is 2. The van der Waals surface area contributed by atoms with Gasteiger partial charge in [-0.15, -0.1) is 0 Å². The van der Waals surface area contributed by atoms with E-state index in [-0.39, 0.29) is 12.5 Å². The Balaban J connectivity index is 1.91. The minimum Gasteiger partial charge on any atom is -0.481 e. The highest BCUT2D eigenvalue weighted by Gasteiger charge is 2.13. The van der Waals surface area contributed by atoms with Crippen molar-refractivity contribution in [1.82, 2.24) is 5.43 Å². The van der Waals surface area contributed by atoms with Crippen LogP contribution in [0, 0.1) is 11.3 Å². The minimum atomic E-state index is -0.686. The van der Waals surface area contributed by atoms with Crippen LogP contribution in [0.3, 0.4) is 0 Å². The Hall–Kier alpha value is -3.33. The first-order valence-corrected chi connectivity index (χ1v) is 7.34. The number of benzene rings is 2. The van der Waals surface area contributed by atoms with E-state index in [1.165, 1.54) is 6.21 Å². The highest BCUT2D eigenvalue weighted by atomic mass is 16.5. The fraction of sp³-hybridized carbons (Fsp3) is 0.167. The highest BCUT2D eigenvalue weighted by molar-refractivity contribution is 5.86. The molecule has 0 radical (unpaired) electrons. The van der Waals surface area contributed by atoms with Crippen LogP contribution in [-0.2, 0) is 4.79 Å². The summed E-state index contributed by atoms with van der Waals surface area (Å²) in [6.45, 7) is 1.58. The first kappa shape index (κ1) is 17.0. The van der Waals surface area contributed by atoms with Crippen molar-refractivity contribution in [3.05, 3.63) is 60.2 Å². The summed E-state index contributed by atoms with van der Waals surface area (Å²) in [7, 11) is 0. The van der Waals surface area contributed by atoms with Crippen LogP contribution in [0.5, 0.6) is 11.5 Å². The normalized spacial score (nSPS) is 11.5. The quantitative estimate of drug-likeness (QED) is 0.627. The number of para-hydroxylation sites is 2. The Labute approximate surface area is 140 Å². The third-order valence-electron chi connectivity index (χ3n) is 3.01. The molecule has 1 atom stereocenters. The van der Waals surface area contributed by atoms with Gasteiger partial charge in [0.1, 0.15) is 17.6 Å². The largest absolute Gasteiger partial charge is 0.481 e. The fourth-order valence-corrected chi connectivity index (χ4v) is 1.84. The van der Waals surface area contributed by atoms with Gasteiger partial charge in [-0.25, -0.2) is 5.43 Å². The summed E-state index contributed by atoms with van der Waals surface area (Å²) in [6.07, 6.45) is 0.773. The monoisotopic (exact) mass is 323 g/mol. The summed E-state index contributed by atoms with van der Waals surface area (Å²) in [5, 5.41) is 12.5. The van der Waals surface area contributed by atoms with Crippen molar-refractivity contribution in [3.63, 3.8) is 0 Å². The molecule has 6 nitrogen and oxygen atoms in total. The predicted octanol–water partition coefficient (Wildman–Crippen LogP) is 2.51. The molecule has 122 valence electrons. The van der Waals surface area contributed by atoms with Crippen LogP contribution in [-0.4, -0.2) is 24.8 Å². The van der Waals surface area contributed by atoms with E-state index >= 15 is 0 Å². The average Bonchev–Trinajstić information content (AvgIpc) is 2.61. The number of carbonyl (C=O) groups excluding carboxylic acids is 1. The fourth-order valence-electron chi connectivity index (χ4n) is 1.84. The lowest BCUT2D eigenvalue weighted by atomic mass is 10.2. The maximum absolute atomic E-state index is 12.0. The Morgan fingerprint density at radius 1 is 1.25 bits per heavy atom. The summed E-state index contributed by atoms with van der Waals surface area (Å²) in [4.78, 5) is 12.0. The van der Waals surface area contributed by atoms with Gasteiger partial charge in [0, 0.05) is 5.56 Å². The summed E-state index contributed by atoms with van der Waals surface area (Å²) in [6, 6.07) is 18.1. The zero-order valence-corrected chi connectivity index (χ0v) is 13.2. The molecular formula is C18H17N3O3. The lowest BCUT2D eigenvalue weighted by molar-refractivity contribution is -0.127. The van der Waals surface area contributed by atoms with Gasteiger partial charge < -0.3 is 9.47 Å². The maximum Gasteiger partial charge on any atom is 0.280 e. The Morgan fingerprint density at radius 2 is 1.96 bits per heavy atom. The van der Waals surface area contributed by atoms with Crippen molar-refractivity contribution in [2.45, 2.75) is 13.0 Å². The van der Waals surface area contributed by atoms with E-state index in [1.807, 2.05) is 30.3 Å². The van der Waals surface area contributed by atoms with Gasteiger partial charge in [-0.3, -0.25) is 4.79 Å². The zero-order chi connectivity index (χ0) is 17.2. The van der Waals surface area contributed by atoms with E-state index in [1.54, 1.807) is 37.3 Å². The molecule has 0 aliphatic carbocycles. The first-order valence-electron chi connectivity index (χ1n) is 7.34. The number of ether oxygens (including phenoxy) is 2. The van der Waals surface area contributed by atoms with Crippen molar-refractivity contribution in [2.75, 3.05) is 6.61 Å². The summed E-state index contributed by atoms with van der Waals surface area (Å²) < 4.78 is 10.8. The van der Waals surface area contributed by atoms with E-state index in [9.17, 15) is 4.79 Å². The van der Waals surface area contributed by atoms with Gasteiger partial charge in [-0.2, -0.15) is 10.4 Å². The number of hydrazone groups is 1. The molecule has 0 spiro atoms. The molecule has 0 aliphatic rings. The second-order valence-electron chi connectivity index (χ2n) is 4.79. The van der Waals surface area contributed by atoms with Gasteiger partial charge in [-0.05, 0) is 31.2 Å². The van der Waals surface area contributed by atoms with E-state index in [2.05, 4.69) is 10.5 Å². The van der Waals surface area contributed by atoms with E-state index in [4.69, 9.17) is 14.7 Å². The lowest BCUT2D eigenvalue weighted by Crippen LogP contribution is -2.33. The van der Waals surface area contributed by atoms with Crippen LogP contribution < -0.4 is 14.9 Å². The molecule has 0 aromatic heterocycles. The molecule has 1 N–H and O–H groups in total. The maximum atomic E-state index is 12.0. The summed E-state index contributed by atoms with van der Waals surface area (Å²) in [5.74, 6) is 0.760. The van der Waals surface area contributed by atoms with E-state index in [0.717, 1.165) is 0 Å². The van der Waals surface area contributed by atoms with Crippen LogP contribution >= 0.6 is 0 Å². The van der Waals surface area contributed by atoms with E-state index < -0.39 is 6.10 Å². The van der Waals surface area contributed by atoms with Gasteiger partial charge in [0.25, 0.3) is 5.91 Å². The molecule has 0 saturated carbocycles. The van der Waals surface area contributed by atoms with Crippen molar-refractivity contribution in [2.24, 2.45) is 5.10 Å². The number of carbonyl (C=O) groups is 1. The molecule has 0 aliphatic heterocycles. The van der Waals surface area contributed by atoms with Crippen LogP contribution in [0.15, 0.2) is 59.7 Å². The molecular weight excluding hydrogens is 306 g/mol. The van der Waals surface area contributed by atoms with Crippen LogP contribution in [0.2, 0.25) is 0 Å². The van der Waals surface area contributed by atoms with E-state index in [0.29, 0.717) is 17.1 Å². The van der Waals surface area contributed by atoms with Gasteiger partial charge >= 0.3 is 0 Å². The smallest absolute Gasteiger partial charge is 0.280 e. The number of hydrogen-bond acceptors (Lipinski definition) is 5. The molecule has 0 saturated heterocycles. The molecule has 24 heavy (non-hydrogen) atoms. The lowest BCUT2D eigenvalue weighted by Gasteiger charge is -2.12. The molecule has 0 fully saturated rings. The summed E-state index contributed by atoms with van der Waals surface area (Å²) >= 11 is 0. The van der Waals surface area contributed by atoms with Crippen LogP contribution in [0.25, 0.3) is 0 Å². The Kier molecular flexibility index (Phi) is 6.35. The molecule has 2 aromatic rings. The van der Waals surface area contributed by atoms with Gasteiger partial charge in [-0.1, -0.05) is 30.3 Å². The summed E-state index contributed by atoms with van der Waals surface area (Å²) in [5.41, 5.74) is 3.08. The number of nitrogens with one attached hydrogen (secondary N) is 1. The molecule has 2 aromatic carbocycles. The molecule has 2 rings (SSSR count). The highest BCUT2D eigenvalue weighted by Crippen LogP contribution is 2.15. The third kappa shape index (κ3) is 5.14. The molecule has 0 heterocycles. The molecule has 6 heteroatoms. The van der Waals surface area contributed by atoms with Crippen LogP contribution in [0.4, 0.5) is 0 Å². The number of nitriles is 1.